The average Bonchev–Trinajstić information content (AvgIpc) is 2.15. The molecule has 0 saturated carbocycles. The molecule has 3 nitrogen and oxygen atoms in total. The molecule has 0 spiro atoms. The molecule has 1 unspecified atom stereocenters. The zero-order valence-electron chi connectivity index (χ0n) is 9.00. The lowest BCUT2D eigenvalue weighted by atomic mass is 10.0. The van der Waals surface area contributed by atoms with Gasteiger partial charge in [0.1, 0.15) is 17.7 Å². The van der Waals surface area contributed by atoms with Crippen molar-refractivity contribution < 1.29 is 18.7 Å². The van der Waals surface area contributed by atoms with Crippen molar-refractivity contribution in [1.29, 1.82) is 0 Å². The summed E-state index contributed by atoms with van der Waals surface area (Å²) < 4.78 is 26.7. The zero-order chi connectivity index (χ0) is 12.3. The minimum Gasteiger partial charge on any atom is -0.480 e. The Labute approximate surface area is 92.1 Å². The smallest absolute Gasteiger partial charge is 0.325 e. The fourth-order valence-corrected chi connectivity index (χ4v) is 1.40. The summed E-state index contributed by atoms with van der Waals surface area (Å²) in [4.78, 5) is 10.9. The third-order valence-electron chi connectivity index (χ3n) is 2.04. The van der Waals surface area contributed by atoms with E-state index in [1.165, 1.54) is 6.07 Å². The number of hydrogen-bond acceptors (Lipinski definition) is 2. The third kappa shape index (κ3) is 2.76. The zero-order valence-corrected chi connectivity index (χ0v) is 9.00. The molecule has 0 aliphatic carbocycles. The normalized spacial score (nSPS) is 12.8. The average molecular weight is 229 g/mol. The van der Waals surface area contributed by atoms with E-state index in [4.69, 9.17) is 5.11 Å². The second kappa shape index (κ2) is 5.03. The fraction of sp³-hybridized carbons (Fsp3) is 0.364. The maximum Gasteiger partial charge on any atom is 0.325 e. The maximum absolute atomic E-state index is 13.4. The van der Waals surface area contributed by atoms with Gasteiger partial charge < -0.3 is 5.11 Å². The molecule has 0 aliphatic rings. The number of nitrogens with one attached hydrogen (secondary N) is 1. The summed E-state index contributed by atoms with van der Waals surface area (Å²) in [6.45, 7) is 3.41. The molecule has 0 aliphatic heterocycles. The van der Waals surface area contributed by atoms with Crippen LogP contribution in [0.15, 0.2) is 18.2 Å². The van der Waals surface area contributed by atoms with E-state index in [9.17, 15) is 13.6 Å². The molecule has 88 valence electrons. The number of aliphatic carboxylic acids is 1. The highest BCUT2D eigenvalue weighted by atomic mass is 19.1. The SMILES string of the molecule is CC(C)NC(C(=O)O)c1c(F)cccc1F. The largest absolute Gasteiger partial charge is 0.480 e. The number of carboxylic acid groups (broad SMARTS) is 1. The number of hydrogen-bond donors (Lipinski definition) is 2. The van der Waals surface area contributed by atoms with Gasteiger partial charge >= 0.3 is 5.97 Å². The van der Waals surface area contributed by atoms with Crippen molar-refractivity contribution >= 4 is 5.97 Å². The number of rotatable bonds is 4. The van der Waals surface area contributed by atoms with Crippen LogP contribution in [-0.4, -0.2) is 17.1 Å². The number of carboxylic acids is 1. The summed E-state index contributed by atoms with van der Waals surface area (Å²) in [6, 6.07) is 1.70. The van der Waals surface area contributed by atoms with Crippen molar-refractivity contribution in [2.45, 2.75) is 25.9 Å². The van der Waals surface area contributed by atoms with Gasteiger partial charge in [-0.25, -0.2) is 8.78 Å². The Morgan fingerprint density at radius 2 is 1.81 bits per heavy atom. The van der Waals surface area contributed by atoms with Crippen LogP contribution in [-0.2, 0) is 4.79 Å². The lowest BCUT2D eigenvalue weighted by molar-refractivity contribution is -0.140. The molecule has 1 aromatic rings. The van der Waals surface area contributed by atoms with E-state index >= 15 is 0 Å². The molecule has 0 radical (unpaired) electrons. The van der Waals surface area contributed by atoms with E-state index in [-0.39, 0.29) is 6.04 Å². The topological polar surface area (TPSA) is 49.3 Å². The summed E-state index contributed by atoms with van der Waals surface area (Å²) in [5, 5.41) is 11.5. The van der Waals surface area contributed by atoms with Crippen LogP contribution >= 0.6 is 0 Å². The van der Waals surface area contributed by atoms with Gasteiger partial charge in [-0.2, -0.15) is 0 Å². The summed E-state index contributed by atoms with van der Waals surface area (Å²) in [5.41, 5.74) is -0.455. The van der Waals surface area contributed by atoms with Crippen molar-refractivity contribution in [2.24, 2.45) is 0 Å². The van der Waals surface area contributed by atoms with Crippen molar-refractivity contribution in [3.63, 3.8) is 0 Å². The summed E-state index contributed by atoms with van der Waals surface area (Å²) in [5.74, 6) is -3.03. The molecule has 0 amide bonds. The Kier molecular flexibility index (Phi) is 3.95. The van der Waals surface area contributed by atoms with Crippen LogP contribution in [0.1, 0.15) is 25.5 Å². The molecule has 0 heterocycles. The van der Waals surface area contributed by atoms with Crippen LogP contribution in [0.3, 0.4) is 0 Å². The van der Waals surface area contributed by atoms with Gasteiger partial charge in [0.2, 0.25) is 0 Å². The first kappa shape index (κ1) is 12.6. The molecule has 5 heteroatoms. The fourth-order valence-electron chi connectivity index (χ4n) is 1.40. The van der Waals surface area contributed by atoms with E-state index in [1.807, 2.05) is 0 Å². The van der Waals surface area contributed by atoms with Crippen LogP contribution in [0.25, 0.3) is 0 Å². The molecule has 1 atom stereocenters. The minimum atomic E-state index is -1.37. The van der Waals surface area contributed by atoms with Gasteiger partial charge in [-0.05, 0) is 26.0 Å². The molecular formula is C11H13F2NO2. The number of benzene rings is 1. The van der Waals surface area contributed by atoms with Crippen LogP contribution in [0.5, 0.6) is 0 Å². The number of halogens is 2. The van der Waals surface area contributed by atoms with Gasteiger partial charge in [0, 0.05) is 6.04 Å². The second-order valence-electron chi connectivity index (χ2n) is 3.73. The van der Waals surface area contributed by atoms with Crippen molar-refractivity contribution in [1.82, 2.24) is 5.32 Å². The maximum atomic E-state index is 13.4. The van der Waals surface area contributed by atoms with Gasteiger partial charge in [-0.3, -0.25) is 10.1 Å². The molecule has 2 N–H and O–H groups in total. The lowest BCUT2D eigenvalue weighted by Crippen LogP contribution is -2.34. The van der Waals surface area contributed by atoms with E-state index in [2.05, 4.69) is 5.32 Å². The molecule has 0 bridgehead atoms. The monoisotopic (exact) mass is 229 g/mol. The van der Waals surface area contributed by atoms with Gasteiger partial charge in [0.25, 0.3) is 0 Å². The first-order valence-electron chi connectivity index (χ1n) is 4.86. The number of carbonyl (C=O) groups is 1. The molecule has 1 aromatic carbocycles. The van der Waals surface area contributed by atoms with Crippen LogP contribution in [0.2, 0.25) is 0 Å². The van der Waals surface area contributed by atoms with Crippen molar-refractivity contribution in [3.8, 4) is 0 Å². The van der Waals surface area contributed by atoms with Crippen molar-refractivity contribution in [2.75, 3.05) is 0 Å². The standard InChI is InChI=1S/C11H13F2NO2/c1-6(2)14-10(11(15)16)9-7(12)4-3-5-8(9)13/h3-6,10,14H,1-2H3,(H,15,16). The van der Waals surface area contributed by atoms with Gasteiger partial charge in [0.15, 0.2) is 0 Å². The molecule has 0 fully saturated rings. The minimum absolute atomic E-state index is 0.194. The van der Waals surface area contributed by atoms with Crippen molar-refractivity contribution in [3.05, 3.63) is 35.4 Å². The van der Waals surface area contributed by atoms with Crippen LogP contribution in [0, 0.1) is 11.6 Å². The van der Waals surface area contributed by atoms with Gasteiger partial charge in [-0.15, -0.1) is 0 Å². The van der Waals surface area contributed by atoms with Gasteiger partial charge in [0.05, 0.1) is 5.56 Å². The Balaban J connectivity index is 3.15. The summed E-state index contributed by atoms with van der Waals surface area (Å²) >= 11 is 0. The van der Waals surface area contributed by atoms with E-state index in [0.717, 1.165) is 12.1 Å². The highest BCUT2D eigenvalue weighted by Gasteiger charge is 2.26. The quantitative estimate of drug-likeness (QED) is 0.831. The second-order valence-corrected chi connectivity index (χ2v) is 3.73. The van der Waals surface area contributed by atoms with Crippen LogP contribution < -0.4 is 5.32 Å². The van der Waals surface area contributed by atoms with E-state index in [0.29, 0.717) is 0 Å². The lowest BCUT2D eigenvalue weighted by Gasteiger charge is -2.18. The predicted octanol–water partition coefficient (Wildman–Crippen LogP) is 2.09. The Bertz CT molecular complexity index is 373. The Hall–Kier alpha value is -1.49. The highest BCUT2D eigenvalue weighted by Crippen LogP contribution is 2.21. The summed E-state index contributed by atoms with van der Waals surface area (Å²) in [6.07, 6.45) is 0. The van der Waals surface area contributed by atoms with Gasteiger partial charge in [-0.1, -0.05) is 6.07 Å². The predicted molar refractivity (Wildman–Crippen MR) is 55.0 cm³/mol. The Morgan fingerprint density at radius 1 is 1.31 bits per heavy atom. The first-order valence-corrected chi connectivity index (χ1v) is 4.86. The first-order chi connectivity index (χ1) is 7.43. The highest BCUT2D eigenvalue weighted by molar-refractivity contribution is 5.75. The molecule has 0 aromatic heterocycles. The molecule has 1 rings (SSSR count). The third-order valence-corrected chi connectivity index (χ3v) is 2.04. The van der Waals surface area contributed by atoms with E-state index in [1.54, 1.807) is 13.8 Å². The molecule has 16 heavy (non-hydrogen) atoms. The Morgan fingerprint density at radius 3 is 2.19 bits per heavy atom. The van der Waals surface area contributed by atoms with Crippen LogP contribution in [0.4, 0.5) is 8.78 Å². The molecular weight excluding hydrogens is 216 g/mol. The van der Waals surface area contributed by atoms with E-state index < -0.39 is 29.2 Å². The summed E-state index contributed by atoms with van der Waals surface area (Å²) in [7, 11) is 0. The molecule has 0 saturated heterocycles.